The number of nitrogen functional groups attached to an aromatic ring is 1. The summed E-state index contributed by atoms with van der Waals surface area (Å²) in [5, 5.41) is 9.88. The fourth-order valence-corrected chi connectivity index (χ4v) is 3.55. The van der Waals surface area contributed by atoms with E-state index in [0.717, 1.165) is 16.6 Å². The zero-order valence-electron chi connectivity index (χ0n) is 13.7. The van der Waals surface area contributed by atoms with Crippen LogP contribution in [0.2, 0.25) is 0 Å². The number of Topliss-reactive ketones (excluding diaryl/α,β-unsaturated/α-hetero) is 1. The third-order valence-electron chi connectivity index (χ3n) is 3.43. The molecule has 3 heterocycles. The number of aromatic nitrogens is 4. The second kappa shape index (κ2) is 7.70. The molecule has 11 heteroatoms. The van der Waals surface area contributed by atoms with Crippen molar-refractivity contribution in [2.24, 2.45) is 0 Å². The Kier molecular flexibility index (Phi) is 5.38. The third kappa shape index (κ3) is 3.63. The smallest absolute Gasteiger partial charge is 0.329 e. The third-order valence-corrected chi connectivity index (χ3v) is 5.11. The molecule has 0 atom stereocenters. The van der Waals surface area contributed by atoms with E-state index in [1.165, 1.54) is 15.9 Å². The molecule has 9 nitrogen and oxygen atoms in total. The van der Waals surface area contributed by atoms with Crippen LogP contribution in [0.4, 0.5) is 5.82 Å². The molecule has 0 amide bonds. The SMILES string of the molecule is CCCn1c(N)c(C(=O)CSc2nnc(-c3cccs3)o2)c(=O)[nH]c1=O. The number of aromatic amines is 1. The number of rotatable bonds is 7. The molecule has 0 spiro atoms. The van der Waals surface area contributed by atoms with Crippen molar-refractivity contribution in [2.75, 3.05) is 11.5 Å². The number of nitrogens with one attached hydrogen (secondary N) is 1. The number of nitrogens with two attached hydrogens (primary N) is 1. The zero-order chi connectivity index (χ0) is 18.7. The standard InChI is InChI=1S/C15H15N5O4S2/c1-2-5-20-11(16)10(12(22)17-14(20)23)8(21)7-26-15-19-18-13(24-15)9-4-3-6-25-9/h3-4,6H,2,5,7,16H2,1H3,(H,17,22,23). The Morgan fingerprint density at radius 1 is 1.42 bits per heavy atom. The fourth-order valence-electron chi connectivity index (χ4n) is 2.27. The Balaban J connectivity index is 1.78. The van der Waals surface area contributed by atoms with Gasteiger partial charge in [-0.1, -0.05) is 24.8 Å². The van der Waals surface area contributed by atoms with Gasteiger partial charge >= 0.3 is 5.69 Å². The maximum atomic E-state index is 12.4. The van der Waals surface area contributed by atoms with Gasteiger partial charge in [0.25, 0.3) is 16.7 Å². The summed E-state index contributed by atoms with van der Waals surface area (Å²) >= 11 is 2.46. The normalized spacial score (nSPS) is 11.0. The molecule has 3 aromatic rings. The summed E-state index contributed by atoms with van der Waals surface area (Å²) in [6.45, 7) is 2.16. The lowest BCUT2D eigenvalue weighted by atomic mass is 10.2. The van der Waals surface area contributed by atoms with Crippen molar-refractivity contribution in [1.29, 1.82) is 0 Å². The molecule has 0 aliphatic carbocycles. The summed E-state index contributed by atoms with van der Waals surface area (Å²) in [5.41, 5.74) is 4.21. The van der Waals surface area contributed by atoms with Crippen LogP contribution >= 0.6 is 23.1 Å². The Bertz CT molecular complexity index is 1040. The summed E-state index contributed by atoms with van der Waals surface area (Å²) < 4.78 is 6.66. The maximum Gasteiger partial charge on any atom is 0.329 e. The van der Waals surface area contributed by atoms with Gasteiger partial charge in [0.1, 0.15) is 11.4 Å². The van der Waals surface area contributed by atoms with Crippen molar-refractivity contribution in [3.63, 3.8) is 0 Å². The van der Waals surface area contributed by atoms with Crippen molar-refractivity contribution in [3.05, 3.63) is 43.9 Å². The molecule has 3 aromatic heterocycles. The van der Waals surface area contributed by atoms with Crippen molar-refractivity contribution in [2.45, 2.75) is 25.1 Å². The lowest BCUT2D eigenvalue weighted by Gasteiger charge is -2.10. The first-order chi connectivity index (χ1) is 12.5. The van der Waals surface area contributed by atoms with Gasteiger partial charge in [0.05, 0.1) is 10.6 Å². The van der Waals surface area contributed by atoms with Gasteiger partial charge in [0, 0.05) is 6.54 Å². The monoisotopic (exact) mass is 393 g/mol. The second-order valence-electron chi connectivity index (χ2n) is 5.23. The molecule has 0 saturated carbocycles. The van der Waals surface area contributed by atoms with Crippen LogP contribution in [0.5, 0.6) is 0 Å². The summed E-state index contributed by atoms with van der Waals surface area (Å²) in [6.07, 6.45) is 0.631. The molecule has 0 saturated heterocycles. The van der Waals surface area contributed by atoms with E-state index >= 15 is 0 Å². The van der Waals surface area contributed by atoms with Gasteiger partial charge in [-0.15, -0.1) is 21.5 Å². The van der Waals surface area contributed by atoms with Crippen LogP contribution in [0.3, 0.4) is 0 Å². The van der Waals surface area contributed by atoms with Crippen LogP contribution in [0, 0.1) is 0 Å². The molecule has 0 radical (unpaired) electrons. The van der Waals surface area contributed by atoms with E-state index < -0.39 is 17.0 Å². The molecule has 0 aliphatic rings. The molecule has 26 heavy (non-hydrogen) atoms. The number of thiophene rings is 1. The summed E-state index contributed by atoms with van der Waals surface area (Å²) in [4.78, 5) is 39.2. The van der Waals surface area contributed by atoms with E-state index in [4.69, 9.17) is 10.2 Å². The second-order valence-corrected chi connectivity index (χ2v) is 7.11. The minimum Gasteiger partial charge on any atom is -0.410 e. The minimum absolute atomic E-state index is 0.121. The average molecular weight is 393 g/mol. The van der Waals surface area contributed by atoms with Crippen LogP contribution in [-0.2, 0) is 6.54 Å². The largest absolute Gasteiger partial charge is 0.410 e. The first-order valence-corrected chi connectivity index (χ1v) is 9.53. The highest BCUT2D eigenvalue weighted by atomic mass is 32.2. The molecule has 0 aliphatic heterocycles. The maximum absolute atomic E-state index is 12.4. The van der Waals surface area contributed by atoms with Gasteiger partial charge in [-0.25, -0.2) is 4.79 Å². The number of thioether (sulfide) groups is 1. The molecule has 0 aromatic carbocycles. The van der Waals surface area contributed by atoms with Gasteiger partial charge in [0.15, 0.2) is 5.78 Å². The van der Waals surface area contributed by atoms with E-state index in [9.17, 15) is 14.4 Å². The number of hydrogen-bond acceptors (Lipinski definition) is 9. The van der Waals surface area contributed by atoms with E-state index in [1.807, 2.05) is 24.4 Å². The van der Waals surface area contributed by atoms with E-state index in [-0.39, 0.29) is 22.4 Å². The molecule has 0 fully saturated rings. The Labute approximate surface area is 155 Å². The van der Waals surface area contributed by atoms with Crippen molar-refractivity contribution >= 4 is 34.7 Å². The first-order valence-electron chi connectivity index (χ1n) is 7.67. The van der Waals surface area contributed by atoms with E-state index in [0.29, 0.717) is 18.9 Å². The summed E-state index contributed by atoms with van der Waals surface area (Å²) in [5.74, 6) is -0.404. The van der Waals surface area contributed by atoms with Crippen LogP contribution in [0.1, 0.15) is 23.7 Å². The zero-order valence-corrected chi connectivity index (χ0v) is 15.4. The van der Waals surface area contributed by atoms with Gasteiger partial charge in [-0.2, -0.15) is 0 Å². The molecule has 0 unspecified atom stereocenters. The molecular formula is C15H15N5O4S2. The van der Waals surface area contributed by atoms with Crippen LogP contribution in [-0.4, -0.2) is 31.3 Å². The Morgan fingerprint density at radius 3 is 2.92 bits per heavy atom. The molecule has 3 rings (SSSR count). The molecule has 0 bridgehead atoms. The molecular weight excluding hydrogens is 378 g/mol. The minimum atomic E-state index is -0.796. The topological polar surface area (TPSA) is 137 Å². The van der Waals surface area contributed by atoms with Crippen LogP contribution < -0.4 is 17.0 Å². The van der Waals surface area contributed by atoms with E-state index in [1.54, 1.807) is 0 Å². The average Bonchev–Trinajstić information content (AvgIpc) is 3.27. The highest BCUT2D eigenvalue weighted by Crippen LogP contribution is 2.26. The number of nitrogens with zero attached hydrogens (tertiary/aromatic N) is 3. The number of ketones is 1. The lowest BCUT2D eigenvalue weighted by molar-refractivity contribution is 0.102. The van der Waals surface area contributed by atoms with Crippen LogP contribution in [0.25, 0.3) is 10.8 Å². The van der Waals surface area contributed by atoms with Crippen molar-refractivity contribution in [1.82, 2.24) is 19.7 Å². The van der Waals surface area contributed by atoms with Crippen LogP contribution in [0.15, 0.2) is 36.7 Å². The van der Waals surface area contributed by atoms with Crippen molar-refractivity contribution < 1.29 is 9.21 Å². The predicted molar refractivity (Wildman–Crippen MR) is 98.7 cm³/mol. The van der Waals surface area contributed by atoms with Gasteiger partial charge in [0.2, 0.25) is 0 Å². The fraction of sp³-hybridized carbons (Fsp3) is 0.267. The Hall–Kier alpha value is -2.66. The number of anilines is 1. The highest BCUT2D eigenvalue weighted by Gasteiger charge is 2.20. The quantitative estimate of drug-likeness (QED) is 0.456. The molecule has 136 valence electrons. The number of hydrogen-bond donors (Lipinski definition) is 2. The van der Waals surface area contributed by atoms with Gasteiger partial charge in [-0.3, -0.25) is 19.1 Å². The number of carbonyl (C=O) groups excluding carboxylic acids is 1. The lowest BCUT2D eigenvalue weighted by Crippen LogP contribution is -2.36. The van der Waals surface area contributed by atoms with Gasteiger partial charge < -0.3 is 10.2 Å². The summed E-state index contributed by atoms with van der Waals surface area (Å²) in [6, 6.07) is 3.70. The number of H-pyrrole nitrogens is 1. The number of carbonyl (C=O) groups is 1. The first kappa shape index (κ1) is 18.1. The Morgan fingerprint density at radius 2 is 2.23 bits per heavy atom. The van der Waals surface area contributed by atoms with Gasteiger partial charge in [-0.05, 0) is 17.9 Å². The van der Waals surface area contributed by atoms with E-state index in [2.05, 4.69) is 15.2 Å². The van der Waals surface area contributed by atoms with Crippen molar-refractivity contribution in [3.8, 4) is 10.8 Å². The molecule has 3 N–H and O–H groups in total. The summed E-state index contributed by atoms with van der Waals surface area (Å²) in [7, 11) is 0. The highest BCUT2D eigenvalue weighted by molar-refractivity contribution is 7.99. The predicted octanol–water partition coefficient (Wildman–Crippen LogP) is 1.62.